The Morgan fingerprint density at radius 1 is 1.27 bits per heavy atom. The molecule has 1 aromatic carbocycles. The van der Waals surface area contributed by atoms with Crippen molar-refractivity contribution >= 4 is 6.03 Å². The van der Waals surface area contributed by atoms with Gasteiger partial charge in [-0.1, -0.05) is 41.9 Å². The monoisotopic (exact) mass is 355 g/mol. The van der Waals surface area contributed by atoms with E-state index in [1.807, 2.05) is 35.2 Å². The lowest BCUT2D eigenvalue weighted by Crippen LogP contribution is -2.51. The van der Waals surface area contributed by atoms with Crippen molar-refractivity contribution in [2.45, 2.75) is 44.2 Å². The number of aromatic nitrogens is 2. The molecule has 7 nitrogen and oxygen atoms in total. The fourth-order valence-corrected chi connectivity index (χ4v) is 3.90. The van der Waals surface area contributed by atoms with Crippen molar-refractivity contribution in [1.29, 1.82) is 0 Å². The maximum atomic E-state index is 12.4. The van der Waals surface area contributed by atoms with Gasteiger partial charge in [0.15, 0.2) is 5.82 Å². The topological polar surface area (TPSA) is 83.3 Å². The van der Waals surface area contributed by atoms with Gasteiger partial charge in [0.25, 0.3) is 0 Å². The summed E-state index contributed by atoms with van der Waals surface area (Å²) in [5.74, 6) is 1.07. The lowest BCUT2D eigenvalue weighted by atomic mass is 9.88. The maximum Gasteiger partial charge on any atom is 0.317 e. The van der Waals surface area contributed by atoms with Crippen LogP contribution < -0.4 is 10.6 Å². The van der Waals surface area contributed by atoms with E-state index < -0.39 is 0 Å². The molecule has 0 radical (unpaired) electrons. The minimum absolute atomic E-state index is 0.0583. The van der Waals surface area contributed by atoms with Crippen LogP contribution in [0.4, 0.5) is 4.79 Å². The van der Waals surface area contributed by atoms with Gasteiger partial charge in [-0.05, 0) is 31.4 Å². The molecule has 3 heterocycles. The van der Waals surface area contributed by atoms with E-state index in [4.69, 9.17) is 4.52 Å². The van der Waals surface area contributed by atoms with E-state index in [0.717, 1.165) is 38.0 Å². The predicted octanol–water partition coefficient (Wildman–Crippen LogP) is 2.09. The number of likely N-dealkylation sites (tertiary alicyclic amines) is 1. The van der Waals surface area contributed by atoms with E-state index in [1.165, 1.54) is 12.8 Å². The number of hydrogen-bond donors (Lipinski definition) is 2. The summed E-state index contributed by atoms with van der Waals surface area (Å²) in [7, 11) is 0. The SMILES string of the molecule is O=C(NCc1nc(Cc2ccccc2)no1)N1CCC2(CCCCN2)C1. The largest absolute Gasteiger partial charge is 0.337 e. The summed E-state index contributed by atoms with van der Waals surface area (Å²) in [5.41, 5.74) is 1.26. The van der Waals surface area contributed by atoms with Crippen LogP contribution in [0.3, 0.4) is 0 Å². The Balaban J connectivity index is 1.27. The second-order valence-electron chi connectivity index (χ2n) is 7.26. The van der Waals surface area contributed by atoms with Crippen molar-refractivity contribution in [3.05, 3.63) is 47.6 Å². The van der Waals surface area contributed by atoms with E-state index in [0.29, 0.717) is 18.1 Å². The molecule has 2 saturated heterocycles. The third-order valence-electron chi connectivity index (χ3n) is 5.33. The van der Waals surface area contributed by atoms with Gasteiger partial charge in [-0.25, -0.2) is 4.79 Å². The van der Waals surface area contributed by atoms with Crippen molar-refractivity contribution in [2.24, 2.45) is 0 Å². The molecule has 2 amide bonds. The Morgan fingerprint density at radius 2 is 2.15 bits per heavy atom. The van der Waals surface area contributed by atoms with Gasteiger partial charge in [0, 0.05) is 25.0 Å². The van der Waals surface area contributed by atoms with Crippen molar-refractivity contribution in [2.75, 3.05) is 19.6 Å². The molecule has 2 aliphatic rings. The molecule has 2 aliphatic heterocycles. The molecule has 2 fully saturated rings. The van der Waals surface area contributed by atoms with Crippen LogP contribution in [0.5, 0.6) is 0 Å². The first-order chi connectivity index (χ1) is 12.7. The summed E-state index contributed by atoms with van der Waals surface area (Å²) in [6.45, 7) is 2.89. The van der Waals surface area contributed by atoms with E-state index in [2.05, 4.69) is 20.8 Å². The second-order valence-corrected chi connectivity index (χ2v) is 7.26. The van der Waals surface area contributed by atoms with Gasteiger partial charge < -0.3 is 20.1 Å². The van der Waals surface area contributed by atoms with E-state index in [-0.39, 0.29) is 18.1 Å². The number of piperidine rings is 1. The molecule has 2 N–H and O–H groups in total. The zero-order chi connectivity index (χ0) is 17.8. The van der Waals surface area contributed by atoms with Gasteiger partial charge in [-0.15, -0.1) is 0 Å². The first kappa shape index (κ1) is 17.0. The van der Waals surface area contributed by atoms with Gasteiger partial charge in [-0.2, -0.15) is 4.98 Å². The Kier molecular flexibility index (Phi) is 4.88. The second kappa shape index (κ2) is 7.45. The van der Waals surface area contributed by atoms with E-state index in [1.54, 1.807) is 0 Å². The van der Waals surface area contributed by atoms with Crippen LogP contribution in [-0.2, 0) is 13.0 Å². The molecule has 1 spiro atoms. The average molecular weight is 355 g/mol. The molecule has 0 saturated carbocycles. The van der Waals surface area contributed by atoms with E-state index in [9.17, 15) is 4.79 Å². The van der Waals surface area contributed by atoms with Crippen LogP contribution in [0.25, 0.3) is 0 Å². The molecule has 138 valence electrons. The molecule has 2 aromatic rings. The number of hydrogen-bond acceptors (Lipinski definition) is 5. The standard InChI is InChI=1S/C19H25N5O2/c25-18(24-11-9-19(14-24)8-4-5-10-21-19)20-13-17-22-16(23-26-17)12-15-6-2-1-3-7-15/h1-3,6-7,21H,4-5,8-14H2,(H,20,25). The molecule has 0 bridgehead atoms. The van der Waals surface area contributed by atoms with Crippen molar-refractivity contribution in [3.8, 4) is 0 Å². The Bertz CT molecular complexity index is 739. The quantitative estimate of drug-likeness (QED) is 0.877. The van der Waals surface area contributed by atoms with E-state index >= 15 is 0 Å². The maximum absolute atomic E-state index is 12.4. The number of nitrogens with one attached hydrogen (secondary N) is 2. The first-order valence-corrected chi connectivity index (χ1v) is 9.36. The van der Waals surface area contributed by atoms with Gasteiger partial charge in [0.2, 0.25) is 5.89 Å². The van der Waals surface area contributed by atoms with Crippen molar-refractivity contribution in [1.82, 2.24) is 25.7 Å². The highest BCUT2D eigenvalue weighted by atomic mass is 16.5. The van der Waals surface area contributed by atoms with Crippen molar-refractivity contribution in [3.63, 3.8) is 0 Å². The van der Waals surface area contributed by atoms with Gasteiger partial charge in [0.05, 0.1) is 6.54 Å². The zero-order valence-electron chi connectivity index (χ0n) is 14.9. The third kappa shape index (κ3) is 3.88. The number of benzene rings is 1. The van der Waals surface area contributed by atoms with Crippen molar-refractivity contribution < 1.29 is 9.32 Å². The Labute approximate surface area is 153 Å². The van der Waals surface area contributed by atoms with Gasteiger partial charge >= 0.3 is 6.03 Å². The molecule has 7 heteroatoms. The van der Waals surface area contributed by atoms with Gasteiger partial charge in [0.1, 0.15) is 0 Å². The predicted molar refractivity (Wildman–Crippen MR) is 96.6 cm³/mol. The highest BCUT2D eigenvalue weighted by molar-refractivity contribution is 5.74. The molecule has 4 rings (SSSR count). The van der Waals surface area contributed by atoms with Crippen LogP contribution in [0.15, 0.2) is 34.9 Å². The van der Waals surface area contributed by atoms with Crippen LogP contribution >= 0.6 is 0 Å². The summed E-state index contributed by atoms with van der Waals surface area (Å²) in [4.78, 5) is 18.7. The number of carbonyl (C=O) groups excluding carboxylic acids is 1. The number of amides is 2. The van der Waals surface area contributed by atoms with Crippen LogP contribution in [0, 0.1) is 0 Å². The summed E-state index contributed by atoms with van der Waals surface area (Å²) < 4.78 is 5.25. The Morgan fingerprint density at radius 3 is 2.96 bits per heavy atom. The van der Waals surface area contributed by atoms with Gasteiger partial charge in [-0.3, -0.25) is 0 Å². The molecule has 26 heavy (non-hydrogen) atoms. The lowest BCUT2D eigenvalue weighted by Gasteiger charge is -2.34. The smallest absolute Gasteiger partial charge is 0.317 e. The lowest BCUT2D eigenvalue weighted by molar-refractivity contribution is 0.196. The average Bonchev–Trinajstić information content (AvgIpc) is 3.29. The fraction of sp³-hybridized carbons (Fsp3) is 0.526. The van der Waals surface area contributed by atoms with Crippen LogP contribution in [0.1, 0.15) is 43.0 Å². The zero-order valence-corrected chi connectivity index (χ0v) is 14.9. The number of urea groups is 1. The number of rotatable bonds is 4. The summed E-state index contributed by atoms with van der Waals surface area (Å²) in [6.07, 6.45) is 5.29. The molecular weight excluding hydrogens is 330 g/mol. The highest BCUT2D eigenvalue weighted by Crippen LogP contribution is 2.29. The number of nitrogens with zero attached hydrogens (tertiary/aromatic N) is 3. The molecule has 1 aromatic heterocycles. The summed E-state index contributed by atoms with van der Waals surface area (Å²) in [5, 5.41) is 10.5. The minimum Gasteiger partial charge on any atom is -0.337 e. The normalized spacial score (nSPS) is 22.7. The van der Waals surface area contributed by atoms with Crippen LogP contribution in [0.2, 0.25) is 0 Å². The van der Waals surface area contributed by atoms with Crippen LogP contribution in [-0.4, -0.2) is 46.2 Å². The highest BCUT2D eigenvalue weighted by Gasteiger charge is 2.40. The Hall–Kier alpha value is -2.41. The molecule has 0 aliphatic carbocycles. The number of carbonyl (C=O) groups is 1. The summed E-state index contributed by atoms with van der Waals surface area (Å²) >= 11 is 0. The first-order valence-electron chi connectivity index (χ1n) is 9.36. The molecule has 1 atom stereocenters. The minimum atomic E-state index is -0.0583. The molecular formula is C19H25N5O2. The third-order valence-corrected chi connectivity index (χ3v) is 5.33. The summed E-state index contributed by atoms with van der Waals surface area (Å²) in [6, 6.07) is 9.95. The molecule has 1 unspecified atom stereocenters. The fourth-order valence-electron chi connectivity index (χ4n) is 3.90.